The Bertz CT molecular complexity index is 1400. The van der Waals surface area contributed by atoms with Crippen LogP contribution in [0.15, 0.2) is 60.8 Å². The normalized spacial score (nSPS) is 10.8. The molecule has 0 bridgehead atoms. The number of hydrogen-bond donors (Lipinski definition) is 0. The molecule has 4 rings (SSSR count). The zero-order valence-electron chi connectivity index (χ0n) is 22.7. The Hall–Kier alpha value is -4.33. The summed E-state index contributed by atoms with van der Waals surface area (Å²) < 4.78 is 30.0. The van der Waals surface area contributed by atoms with Crippen molar-refractivity contribution in [2.75, 3.05) is 41.5 Å². The quantitative estimate of drug-likeness (QED) is 0.248. The van der Waals surface area contributed by atoms with Crippen LogP contribution in [0, 0.1) is 0 Å². The highest BCUT2D eigenvalue weighted by Gasteiger charge is 2.20. The number of aromatic nitrogens is 1. The second-order valence-corrected chi connectivity index (χ2v) is 8.65. The van der Waals surface area contributed by atoms with Crippen LogP contribution in [0.4, 0.5) is 4.79 Å². The molecular formula is C30H34N2O6. The first-order valence-electron chi connectivity index (χ1n) is 12.5. The molecule has 4 aromatic rings. The third-order valence-electron chi connectivity index (χ3n) is 6.57. The van der Waals surface area contributed by atoms with Crippen LogP contribution >= 0.6 is 0 Å². The van der Waals surface area contributed by atoms with E-state index in [4.69, 9.17) is 23.7 Å². The molecule has 0 aliphatic heterocycles. The summed E-state index contributed by atoms with van der Waals surface area (Å²) in [6.45, 7) is 5.57. The van der Waals surface area contributed by atoms with Crippen molar-refractivity contribution in [3.63, 3.8) is 0 Å². The Morgan fingerprint density at radius 3 is 2.03 bits per heavy atom. The van der Waals surface area contributed by atoms with Gasteiger partial charge in [0.25, 0.3) is 0 Å². The largest absolute Gasteiger partial charge is 0.497 e. The molecule has 0 saturated carbocycles. The Labute approximate surface area is 223 Å². The monoisotopic (exact) mass is 518 g/mol. The second-order valence-electron chi connectivity index (χ2n) is 8.65. The van der Waals surface area contributed by atoms with Crippen LogP contribution in [0.2, 0.25) is 0 Å². The van der Waals surface area contributed by atoms with Gasteiger partial charge in [-0.05, 0) is 67.4 Å². The van der Waals surface area contributed by atoms with Gasteiger partial charge in [0.15, 0.2) is 11.5 Å². The van der Waals surface area contributed by atoms with E-state index in [-0.39, 0.29) is 6.09 Å². The molecule has 3 aromatic carbocycles. The maximum atomic E-state index is 12.9. The van der Waals surface area contributed by atoms with E-state index in [9.17, 15) is 4.79 Å². The highest BCUT2D eigenvalue weighted by molar-refractivity contribution is 6.00. The van der Waals surface area contributed by atoms with E-state index < -0.39 is 0 Å². The summed E-state index contributed by atoms with van der Waals surface area (Å²) in [5, 5.41) is 0.942. The molecule has 0 aliphatic carbocycles. The van der Waals surface area contributed by atoms with Crippen molar-refractivity contribution >= 4 is 17.0 Å². The van der Waals surface area contributed by atoms with Crippen LogP contribution in [0.3, 0.4) is 0 Å². The molecule has 1 aromatic heterocycles. The summed E-state index contributed by atoms with van der Waals surface area (Å²) in [6, 6.07) is 17.4. The Morgan fingerprint density at radius 2 is 1.42 bits per heavy atom. The van der Waals surface area contributed by atoms with Gasteiger partial charge in [0.1, 0.15) is 17.2 Å². The number of rotatable bonds is 10. The molecule has 8 heteroatoms. The molecule has 0 atom stereocenters. The third kappa shape index (κ3) is 5.34. The predicted molar refractivity (Wildman–Crippen MR) is 148 cm³/mol. The molecule has 0 spiro atoms. The van der Waals surface area contributed by atoms with E-state index >= 15 is 0 Å². The maximum Gasteiger partial charge on any atom is 0.415 e. The number of amides is 1. The van der Waals surface area contributed by atoms with Gasteiger partial charge in [-0.25, -0.2) is 4.79 Å². The number of fused-ring (bicyclic) bond motifs is 1. The second kappa shape index (κ2) is 11.8. The van der Waals surface area contributed by atoms with Gasteiger partial charge in [-0.3, -0.25) is 0 Å². The first-order chi connectivity index (χ1) is 18.5. The number of nitrogens with zero attached hydrogens (tertiary/aromatic N) is 2. The van der Waals surface area contributed by atoms with Crippen molar-refractivity contribution in [3.05, 3.63) is 66.4 Å². The molecule has 1 heterocycles. The minimum Gasteiger partial charge on any atom is -0.497 e. The minimum atomic E-state index is -0.390. The van der Waals surface area contributed by atoms with Gasteiger partial charge in [0, 0.05) is 48.4 Å². The van der Waals surface area contributed by atoms with Gasteiger partial charge >= 0.3 is 6.09 Å². The third-order valence-corrected chi connectivity index (χ3v) is 6.57. The molecule has 8 nitrogen and oxygen atoms in total. The van der Waals surface area contributed by atoms with Gasteiger partial charge in [-0.1, -0.05) is 6.07 Å². The molecule has 0 N–H and O–H groups in total. The molecule has 200 valence electrons. The molecule has 0 aliphatic rings. The van der Waals surface area contributed by atoms with E-state index in [0.717, 1.165) is 39.1 Å². The molecule has 1 amide bonds. The lowest BCUT2D eigenvalue weighted by molar-refractivity contribution is 0.157. The van der Waals surface area contributed by atoms with Gasteiger partial charge in [-0.15, -0.1) is 0 Å². The zero-order valence-corrected chi connectivity index (χ0v) is 22.7. The zero-order chi connectivity index (χ0) is 27.2. The van der Waals surface area contributed by atoms with Gasteiger partial charge < -0.3 is 33.2 Å². The summed E-state index contributed by atoms with van der Waals surface area (Å²) in [5.74, 6) is 3.14. The number of carbonyl (C=O) groups is 1. The lowest BCUT2D eigenvalue weighted by Crippen LogP contribution is -2.33. The van der Waals surface area contributed by atoms with E-state index in [2.05, 4.69) is 4.57 Å². The van der Waals surface area contributed by atoms with E-state index in [1.165, 1.54) is 0 Å². The molecule has 0 saturated heterocycles. The van der Waals surface area contributed by atoms with Crippen LogP contribution in [0.25, 0.3) is 22.0 Å². The fourth-order valence-corrected chi connectivity index (χ4v) is 4.56. The summed E-state index contributed by atoms with van der Waals surface area (Å²) >= 11 is 0. The highest BCUT2D eigenvalue weighted by atomic mass is 16.6. The lowest BCUT2D eigenvalue weighted by atomic mass is 10.00. The van der Waals surface area contributed by atoms with E-state index in [0.29, 0.717) is 36.9 Å². The summed E-state index contributed by atoms with van der Waals surface area (Å²) in [4.78, 5) is 14.6. The smallest absolute Gasteiger partial charge is 0.415 e. The van der Waals surface area contributed by atoms with Crippen LogP contribution < -0.4 is 23.7 Å². The number of hydrogen-bond acceptors (Lipinski definition) is 6. The van der Waals surface area contributed by atoms with Crippen molar-refractivity contribution in [2.24, 2.45) is 0 Å². The predicted octanol–water partition coefficient (Wildman–Crippen LogP) is 6.23. The fourth-order valence-electron chi connectivity index (χ4n) is 4.56. The SMILES string of the molecule is CCN(CC)C(=O)Oc1ccc2c(ccn2Cc2cc(OC)cc(OC)c2)c1-c1ccc(OC)c(OC)c1. The first-order valence-corrected chi connectivity index (χ1v) is 12.5. The Kier molecular flexibility index (Phi) is 8.31. The standard InChI is InChI=1S/C30H34N2O6/c1-7-31(8-2)30(33)38-27-12-10-25-24(29(27)21-9-11-26(36-5)28(17-21)37-6)13-14-32(25)19-20-15-22(34-3)18-23(16-20)35-4/h9-18H,7-8,19H2,1-6H3. The van der Waals surface area contributed by atoms with Crippen molar-refractivity contribution < 1.29 is 28.5 Å². The van der Waals surface area contributed by atoms with Crippen molar-refractivity contribution in [2.45, 2.75) is 20.4 Å². The maximum absolute atomic E-state index is 12.9. The number of ether oxygens (including phenoxy) is 5. The average Bonchev–Trinajstić information content (AvgIpc) is 3.35. The number of benzene rings is 3. The van der Waals surface area contributed by atoms with Gasteiger partial charge in [-0.2, -0.15) is 0 Å². The van der Waals surface area contributed by atoms with E-state index in [1.807, 2.05) is 74.6 Å². The van der Waals surface area contributed by atoms with E-state index in [1.54, 1.807) is 33.3 Å². The van der Waals surface area contributed by atoms with Crippen molar-refractivity contribution in [1.29, 1.82) is 0 Å². The Balaban J connectivity index is 1.84. The van der Waals surface area contributed by atoms with Gasteiger partial charge in [0.05, 0.1) is 28.4 Å². The van der Waals surface area contributed by atoms with Crippen molar-refractivity contribution in [3.8, 4) is 39.9 Å². The summed E-state index contributed by atoms with van der Waals surface area (Å²) in [7, 11) is 6.48. The van der Waals surface area contributed by atoms with Crippen LogP contribution in [0.5, 0.6) is 28.7 Å². The molecule has 38 heavy (non-hydrogen) atoms. The minimum absolute atomic E-state index is 0.390. The Morgan fingerprint density at radius 1 is 0.763 bits per heavy atom. The first kappa shape index (κ1) is 26.7. The molecular weight excluding hydrogens is 484 g/mol. The summed E-state index contributed by atoms with van der Waals surface area (Å²) in [5.41, 5.74) is 3.66. The fraction of sp³-hybridized carbons (Fsp3) is 0.300. The van der Waals surface area contributed by atoms with Crippen LogP contribution in [-0.4, -0.2) is 57.1 Å². The van der Waals surface area contributed by atoms with Gasteiger partial charge in [0.2, 0.25) is 0 Å². The summed E-state index contributed by atoms with van der Waals surface area (Å²) in [6.07, 6.45) is 1.63. The average molecular weight is 519 g/mol. The lowest BCUT2D eigenvalue weighted by Gasteiger charge is -2.20. The number of methoxy groups -OCH3 is 4. The molecule has 0 radical (unpaired) electrons. The molecule has 0 unspecified atom stereocenters. The molecule has 0 fully saturated rings. The number of carbonyl (C=O) groups excluding carboxylic acids is 1. The van der Waals surface area contributed by atoms with Crippen molar-refractivity contribution in [1.82, 2.24) is 9.47 Å². The highest BCUT2D eigenvalue weighted by Crippen LogP contribution is 2.41. The topological polar surface area (TPSA) is 71.4 Å². The van der Waals surface area contributed by atoms with Crippen LogP contribution in [0.1, 0.15) is 19.4 Å². The van der Waals surface area contributed by atoms with Crippen LogP contribution in [-0.2, 0) is 6.54 Å².